The lowest BCUT2D eigenvalue weighted by atomic mass is 9.97. The van der Waals surface area contributed by atoms with Crippen LogP contribution in [0.2, 0.25) is 0 Å². The van der Waals surface area contributed by atoms with Crippen molar-refractivity contribution >= 4 is 39.2 Å². The van der Waals surface area contributed by atoms with Crippen molar-refractivity contribution in [2.75, 3.05) is 25.4 Å². The number of carbonyl (C=O) groups is 1. The predicted molar refractivity (Wildman–Crippen MR) is 116 cm³/mol. The smallest absolute Gasteiger partial charge is 0.233 e. The fraction of sp³-hybridized carbons (Fsp3) is 0.550. The zero-order valence-corrected chi connectivity index (χ0v) is 18.3. The first-order chi connectivity index (χ1) is 14.8. The minimum atomic E-state index is 0.148. The molecule has 1 aromatic carbocycles. The Morgan fingerprint density at radius 1 is 1.23 bits per heavy atom. The molecule has 0 N–H and O–H groups in total. The molecule has 2 saturated heterocycles. The summed E-state index contributed by atoms with van der Waals surface area (Å²) >= 11 is 3.19. The molecule has 10 heteroatoms. The van der Waals surface area contributed by atoms with Crippen LogP contribution in [0.1, 0.15) is 36.6 Å². The number of aromatic nitrogens is 5. The number of benzene rings is 1. The molecule has 0 saturated carbocycles. The van der Waals surface area contributed by atoms with Crippen LogP contribution in [0.5, 0.6) is 0 Å². The van der Waals surface area contributed by atoms with Gasteiger partial charge in [0.15, 0.2) is 0 Å². The third kappa shape index (κ3) is 4.35. The van der Waals surface area contributed by atoms with Crippen molar-refractivity contribution < 1.29 is 9.53 Å². The third-order valence-electron chi connectivity index (χ3n) is 5.73. The largest absolute Gasteiger partial charge is 0.376 e. The van der Waals surface area contributed by atoms with Gasteiger partial charge in [-0.15, -0.1) is 16.4 Å². The molecule has 2 aliphatic heterocycles. The highest BCUT2D eigenvalue weighted by Crippen LogP contribution is 2.34. The molecule has 0 spiro atoms. The second kappa shape index (κ2) is 8.99. The molecule has 0 bridgehead atoms. The number of likely N-dealkylation sites (tertiary alicyclic amines) is 1. The zero-order valence-electron chi connectivity index (χ0n) is 16.6. The average Bonchev–Trinajstić information content (AvgIpc) is 3.53. The maximum absolute atomic E-state index is 12.7. The normalized spacial score (nSPS) is 20.3. The maximum Gasteiger partial charge on any atom is 0.233 e. The van der Waals surface area contributed by atoms with E-state index in [0.717, 1.165) is 50.9 Å². The number of thioether (sulfide) groups is 1. The van der Waals surface area contributed by atoms with Gasteiger partial charge >= 0.3 is 0 Å². The Labute approximate surface area is 183 Å². The van der Waals surface area contributed by atoms with Gasteiger partial charge in [-0.2, -0.15) is 0 Å². The number of rotatable bonds is 6. The molecule has 0 radical (unpaired) electrons. The number of fused-ring (bicyclic) bond motifs is 1. The molecule has 2 fully saturated rings. The van der Waals surface area contributed by atoms with Gasteiger partial charge in [-0.05, 0) is 48.2 Å². The van der Waals surface area contributed by atoms with Gasteiger partial charge in [0.1, 0.15) is 0 Å². The summed E-state index contributed by atoms with van der Waals surface area (Å²) in [5.74, 6) is 0.949. The van der Waals surface area contributed by atoms with Gasteiger partial charge in [0, 0.05) is 25.6 Å². The van der Waals surface area contributed by atoms with Gasteiger partial charge in [-0.3, -0.25) is 4.79 Å². The number of para-hydroxylation sites is 1. The van der Waals surface area contributed by atoms with Crippen LogP contribution < -0.4 is 0 Å². The summed E-state index contributed by atoms with van der Waals surface area (Å²) in [6.45, 7) is 3.01. The SMILES string of the molecule is O=C(CSc1nnnn1CC1CCCO1)N1CCC(c2nc3ccccc3s2)CC1. The van der Waals surface area contributed by atoms with Gasteiger partial charge in [0.25, 0.3) is 0 Å². The number of carbonyl (C=O) groups excluding carboxylic acids is 1. The van der Waals surface area contributed by atoms with Crippen molar-refractivity contribution in [1.82, 2.24) is 30.1 Å². The first-order valence-corrected chi connectivity index (χ1v) is 12.2. The van der Waals surface area contributed by atoms with Crippen LogP contribution in [0.4, 0.5) is 0 Å². The molecule has 158 valence electrons. The van der Waals surface area contributed by atoms with E-state index in [2.05, 4.69) is 33.7 Å². The number of hydrogen-bond donors (Lipinski definition) is 0. The first-order valence-electron chi connectivity index (χ1n) is 10.4. The van der Waals surface area contributed by atoms with Crippen molar-refractivity contribution in [3.63, 3.8) is 0 Å². The number of amides is 1. The molecule has 1 atom stereocenters. The average molecular weight is 445 g/mol. The summed E-state index contributed by atoms with van der Waals surface area (Å²) in [5.41, 5.74) is 1.08. The van der Waals surface area contributed by atoms with Gasteiger partial charge in [-0.1, -0.05) is 23.9 Å². The third-order valence-corrected chi connectivity index (χ3v) is 7.87. The highest BCUT2D eigenvalue weighted by molar-refractivity contribution is 7.99. The minimum Gasteiger partial charge on any atom is -0.376 e. The number of ether oxygens (including phenoxy) is 1. The first kappa shape index (κ1) is 19.9. The molecular weight excluding hydrogens is 420 g/mol. The highest BCUT2D eigenvalue weighted by Gasteiger charge is 2.26. The number of tetrazole rings is 1. The summed E-state index contributed by atoms with van der Waals surface area (Å²) in [6, 6.07) is 8.28. The Morgan fingerprint density at radius 2 is 2.10 bits per heavy atom. The molecule has 4 heterocycles. The number of nitrogens with zero attached hydrogens (tertiary/aromatic N) is 6. The summed E-state index contributed by atoms with van der Waals surface area (Å²) in [7, 11) is 0. The fourth-order valence-electron chi connectivity index (χ4n) is 4.05. The van der Waals surface area contributed by atoms with Crippen molar-refractivity contribution in [3.8, 4) is 0 Å². The molecule has 3 aromatic rings. The fourth-order valence-corrected chi connectivity index (χ4v) is 5.98. The van der Waals surface area contributed by atoms with Crippen LogP contribution in [0.15, 0.2) is 29.4 Å². The molecule has 8 nitrogen and oxygen atoms in total. The van der Waals surface area contributed by atoms with E-state index in [9.17, 15) is 4.79 Å². The van der Waals surface area contributed by atoms with Crippen LogP contribution in [0, 0.1) is 0 Å². The quantitative estimate of drug-likeness (QED) is 0.540. The lowest BCUT2D eigenvalue weighted by Crippen LogP contribution is -2.39. The van der Waals surface area contributed by atoms with E-state index in [1.165, 1.54) is 21.5 Å². The van der Waals surface area contributed by atoms with Crippen LogP contribution in [0.3, 0.4) is 0 Å². The monoisotopic (exact) mass is 444 g/mol. The van der Waals surface area contributed by atoms with E-state index in [1.54, 1.807) is 16.0 Å². The Morgan fingerprint density at radius 3 is 2.90 bits per heavy atom. The Hall–Kier alpha value is -2.04. The molecule has 30 heavy (non-hydrogen) atoms. The molecule has 0 aliphatic carbocycles. The van der Waals surface area contributed by atoms with E-state index in [1.807, 2.05) is 11.0 Å². The Balaban J connectivity index is 1.12. The number of thiazole rings is 1. The molecule has 2 aromatic heterocycles. The minimum absolute atomic E-state index is 0.148. The topological polar surface area (TPSA) is 86.0 Å². The van der Waals surface area contributed by atoms with Crippen molar-refractivity contribution in [3.05, 3.63) is 29.3 Å². The summed E-state index contributed by atoms with van der Waals surface area (Å²) in [4.78, 5) is 19.5. The summed E-state index contributed by atoms with van der Waals surface area (Å²) in [5, 5.41) is 13.8. The van der Waals surface area contributed by atoms with E-state index >= 15 is 0 Å². The van der Waals surface area contributed by atoms with Gasteiger partial charge in [0.2, 0.25) is 11.1 Å². The van der Waals surface area contributed by atoms with Crippen LogP contribution in [-0.4, -0.2) is 67.6 Å². The Bertz CT molecular complexity index is 975. The van der Waals surface area contributed by atoms with E-state index in [-0.39, 0.29) is 12.0 Å². The second-order valence-corrected chi connectivity index (χ2v) is 9.75. The van der Waals surface area contributed by atoms with E-state index in [4.69, 9.17) is 9.72 Å². The molecule has 5 rings (SSSR count). The lowest BCUT2D eigenvalue weighted by molar-refractivity contribution is -0.129. The van der Waals surface area contributed by atoms with Crippen molar-refractivity contribution in [1.29, 1.82) is 0 Å². The number of piperidine rings is 1. The molecule has 1 amide bonds. The van der Waals surface area contributed by atoms with Gasteiger partial charge in [0.05, 0.1) is 33.6 Å². The second-order valence-electron chi connectivity index (χ2n) is 7.74. The van der Waals surface area contributed by atoms with Crippen LogP contribution in [-0.2, 0) is 16.1 Å². The number of hydrogen-bond acceptors (Lipinski definition) is 8. The molecule has 1 unspecified atom stereocenters. The summed E-state index contributed by atoms with van der Waals surface area (Å²) in [6.07, 6.45) is 4.22. The highest BCUT2D eigenvalue weighted by atomic mass is 32.2. The lowest BCUT2D eigenvalue weighted by Gasteiger charge is -2.31. The standard InChI is InChI=1S/C20H24N6O2S2/c27-18(13-29-20-22-23-24-26(20)12-15-4-3-11-28-15)25-9-7-14(8-10-25)19-21-16-5-1-2-6-17(16)30-19/h1-2,5-6,14-15H,3-4,7-13H2. The van der Waals surface area contributed by atoms with E-state index in [0.29, 0.717) is 23.4 Å². The van der Waals surface area contributed by atoms with Crippen LogP contribution >= 0.6 is 23.1 Å². The zero-order chi connectivity index (χ0) is 20.3. The van der Waals surface area contributed by atoms with E-state index < -0.39 is 0 Å². The van der Waals surface area contributed by atoms with Gasteiger partial charge in [-0.25, -0.2) is 9.67 Å². The molecular formula is C20H24N6O2S2. The van der Waals surface area contributed by atoms with Crippen LogP contribution in [0.25, 0.3) is 10.2 Å². The van der Waals surface area contributed by atoms with Crippen molar-refractivity contribution in [2.45, 2.75) is 49.4 Å². The maximum atomic E-state index is 12.7. The van der Waals surface area contributed by atoms with Gasteiger partial charge < -0.3 is 9.64 Å². The van der Waals surface area contributed by atoms with Crippen molar-refractivity contribution in [2.24, 2.45) is 0 Å². The predicted octanol–water partition coefficient (Wildman–Crippen LogP) is 2.96. The Kier molecular flexibility index (Phi) is 5.96. The summed E-state index contributed by atoms with van der Waals surface area (Å²) < 4.78 is 8.66. The molecule has 2 aliphatic rings.